The van der Waals surface area contributed by atoms with Gasteiger partial charge >= 0.3 is 0 Å². The Morgan fingerprint density at radius 2 is 1.81 bits per heavy atom. The molecule has 0 saturated heterocycles. The van der Waals surface area contributed by atoms with Crippen LogP contribution in [-0.4, -0.2) is 48.8 Å². The summed E-state index contributed by atoms with van der Waals surface area (Å²) in [6.45, 7) is 3.80. The first-order chi connectivity index (χ1) is 15.1. The van der Waals surface area contributed by atoms with Gasteiger partial charge in [0.05, 0.1) is 35.6 Å². The topological polar surface area (TPSA) is 99.8 Å². The van der Waals surface area contributed by atoms with Crippen LogP contribution in [0.2, 0.25) is 0 Å². The number of tetrazole rings is 1. The Bertz CT molecular complexity index is 1200. The van der Waals surface area contributed by atoms with Gasteiger partial charge in [0.2, 0.25) is 11.1 Å². The summed E-state index contributed by atoms with van der Waals surface area (Å²) >= 11 is 1.24. The van der Waals surface area contributed by atoms with Crippen LogP contribution in [0.15, 0.2) is 59.8 Å². The minimum atomic E-state index is -0.168. The molecule has 4 aromatic rings. The molecule has 0 aliphatic heterocycles. The van der Waals surface area contributed by atoms with Crippen LogP contribution in [0.1, 0.15) is 11.4 Å². The number of nitrogens with one attached hydrogen (secondary N) is 1. The van der Waals surface area contributed by atoms with E-state index < -0.39 is 0 Å². The van der Waals surface area contributed by atoms with Gasteiger partial charge < -0.3 is 10.1 Å². The van der Waals surface area contributed by atoms with Gasteiger partial charge in [0.1, 0.15) is 11.4 Å². The highest BCUT2D eigenvalue weighted by molar-refractivity contribution is 7.99. The van der Waals surface area contributed by atoms with Crippen molar-refractivity contribution in [1.29, 1.82) is 0 Å². The minimum absolute atomic E-state index is 0.144. The number of aryl methyl sites for hydroxylation is 1. The summed E-state index contributed by atoms with van der Waals surface area (Å²) in [6.07, 6.45) is 0. The first-order valence-corrected chi connectivity index (χ1v) is 10.5. The Balaban J connectivity index is 1.47. The Kier molecular flexibility index (Phi) is 5.99. The van der Waals surface area contributed by atoms with Crippen LogP contribution in [0.25, 0.3) is 11.4 Å². The van der Waals surface area contributed by atoms with Gasteiger partial charge in [0.15, 0.2) is 0 Å². The lowest BCUT2D eigenvalue weighted by Crippen LogP contribution is -2.16. The first-order valence-electron chi connectivity index (χ1n) is 9.54. The van der Waals surface area contributed by atoms with Gasteiger partial charge in [-0.2, -0.15) is 9.78 Å². The predicted octanol–water partition coefficient (Wildman–Crippen LogP) is 3.20. The summed E-state index contributed by atoms with van der Waals surface area (Å²) in [7, 11) is 1.59. The Morgan fingerprint density at radius 3 is 2.58 bits per heavy atom. The molecular formula is C21H21N7O2S. The number of nitrogens with zero attached hydrogens (tertiary/aromatic N) is 6. The average Bonchev–Trinajstić information content (AvgIpc) is 3.38. The molecule has 0 atom stereocenters. The summed E-state index contributed by atoms with van der Waals surface area (Å²) in [5, 5.41) is 19.8. The van der Waals surface area contributed by atoms with E-state index in [1.165, 1.54) is 11.8 Å². The van der Waals surface area contributed by atoms with Crippen molar-refractivity contribution in [3.63, 3.8) is 0 Å². The molecule has 1 N–H and O–H groups in total. The number of carbonyl (C=O) groups is 1. The quantitative estimate of drug-likeness (QED) is 0.445. The maximum atomic E-state index is 12.7. The number of anilines is 1. The number of aromatic nitrogens is 6. The van der Waals surface area contributed by atoms with E-state index in [1.54, 1.807) is 11.8 Å². The van der Waals surface area contributed by atoms with Crippen LogP contribution in [-0.2, 0) is 4.79 Å². The third kappa shape index (κ3) is 4.29. The number of para-hydroxylation sites is 3. The van der Waals surface area contributed by atoms with Crippen LogP contribution in [0.4, 0.5) is 5.69 Å². The van der Waals surface area contributed by atoms with Gasteiger partial charge in [-0.3, -0.25) is 4.79 Å². The number of rotatable bonds is 7. The van der Waals surface area contributed by atoms with E-state index in [0.717, 1.165) is 17.1 Å². The third-order valence-electron chi connectivity index (χ3n) is 4.64. The molecule has 0 radical (unpaired) electrons. The first kappa shape index (κ1) is 20.6. The minimum Gasteiger partial charge on any atom is -0.494 e. The molecule has 0 spiro atoms. The highest BCUT2D eigenvalue weighted by Crippen LogP contribution is 2.26. The summed E-state index contributed by atoms with van der Waals surface area (Å²) in [5.41, 5.74) is 3.96. The average molecular weight is 436 g/mol. The molecule has 0 saturated carbocycles. The Morgan fingerprint density at radius 1 is 1.06 bits per heavy atom. The molecule has 1 amide bonds. The summed E-state index contributed by atoms with van der Waals surface area (Å²) in [6, 6.07) is 17.2. The molecule has 4 rings (SSSR count). The second-order valence-electron chi connectivity index (χ2n) is 6.68. The fourth-order valence-corrected chi connectivity index (χ4v) is 3.86. The van der Waals surface area contributed by atoms with Gasteiger partial charge in [0, 0.05) is 0 Å². The molecule has 0 fully saturated rings. The normalized spacial score (nSPS) is 10.8. The van der Waals surface area contributed by atoms with Crippen molar-refractivity contribution in [2.24, 2.45) is 0 Å². The van der Waals surface area contributed by atoms with Gasteiger partial charge in [0.25, 0.3) is 0 Å². The second kappa shape index (κ2) is 9.00. The number of methoxy groups -OCH3 is 1. The van der Waals surface area contributed by atoms with E-state index >= 15 is 0 Å². The lowest BCUT2D eigenvalue weighted by Gasteiger charge is -2.09. The zero-order valence-electron chi connectivity index (χ0n) is 17.3. The number of hydrogen-bond acceptors (Lipinski definition) is 7. The molecule has 158 valence electrons. The van der Waals surface area contributed by atoms with Crippen molar-refractivity contribution in [3.05, 3.63) is 66.0 Å². The zero-order chi connectivity index (χ0) is 21.8. The van der Waals surface area contributed by atoms with Crippen molar-refractivity contribution >= 4 is 23.4 Å². The number of thioether (sulfide) groups is 1. The predicted molar refractivity (Wildman–Crippen MR) is 118 cm³/mol. The smallest absolute Gasteiger partial charge is 0.234 e. The molecular weight excluding hydrogens is 414 g/mol. The summed E-state index contributed by atoms with van der Waals surface area (Å²) in [5.74, 6) is 0.615. The van der Waals surface area contributed by atoms with E-state index in [-0.39, 0.29) is 11.7 Å². The lowest BCUT2D eigenvalue weighted by atomic mass is 10.3. The SMILES string of the molecule is COc1ccccc1-n1nnnc1SCC(=O)Nc1c(C)nn(-c2ccccc2)c1C. The van der Waals surface area contributed by atoms with Crippen LogP contribution >= 0.6 is 11.8 Å². The Hall–Kier alpha value is -3.66. The van der Waals surface area contributed by atoms with Gasteiger partial charge in [-0.15, -0.1) is 5.10 Å². The molecule has 0 aliphatic carbocycles. The van der Waals surface area contributed by atoms with E-state index in [1.807, 2.05) is 73.1 Å². The largest absolute Gasteiger partial charge is 0.494 e. The molecule has 9 nitrogen and oxygen atoms in total. The third-order valence-corrected chi connectivity index (χ3v) is 5.56. The van der Waals surface area contributed by atoms with E-state index in [4.69, 9.17) is 4.74 Å². The molecule has 0 aliphatic rings. The van der Waals surface area contributed by atoms with Crippen molar-refractivity contribution < 1.29 is 9.53 Å². The van der Waals surface area contributed by atoms with Gasteiger partial charge in [-0.25, -0.2) is 4.68 Å². The number of amides is 1. The van der Waals surface area contributed by atoms with Crippen LogP contribution in [0.5, 0.6) is 5.75 Å². The molecule has 2 heterocycles. The highest BCUT2D eigenvalue weighted by atomic mass is 32.2. The summed E-state index contributed by atoms with van der Waals surface area (Å²) < 4.78 is 8.76. The van der Waals surface area contributed by atoms with Gasteiger partial charge in [-0.05, 0) is 48.5 Å². The van der Waals surface area contributed by atoms with Crippen LogP contribution < -0.4 is 10.1 Å². The zero-order valence-corrected chi connectivity index (χ0v) is 18.1. The van der Waals surface area contributed by atoms with E-state index in [9.17, 15) is 4.79 Å². The number of hydrogen-bond donors (Lipinski definition) is 1. The van der Waals surface area contributed by atoms with Gasteiger partial charge in [-0.1, -0.05) is 42.1 Å². The number of ether oxygens (including phenoxy) is 1. The Labute approximate surface area is 183 Å². The fraction of sp³-hybridized carbons (Fsp3) is 0.190. The second-order valence-corrected chi connectivity index (χ2v) is 7.62. The van der Waals surface area contributed by atoms with E-state index in [2.05, 4.69) is 25.9 Å². The van der Waals surface area contributed by atoms with Crippen molar-refractivity contribution in [2.45, 2.75) is 19.0 Å². The van der Waals surface area contributed by atoms with Crippen molar-refractivity contribution in [2.75, 3.05) is 18.2 Å². The lowest BCUT2D eigenvalue weighted by molar-refractivity contribution is -0.113. The maximum absolute atomic E-state index is 12.7. The molecule has 10 heteroatoms. The molecule has 0 unspecified atom stereocenters. The molecule has 2 aromatic carbocycles. The molecule has 0 bridgehead atoms. The van der Waals surface area contributed by atoms with Crippen LogP contribution in [0, 0.1) is 13.8 Å². The van der Waals surface area contributed by atoms with Crippen molar-refractivity contribution in [1.82, 2.24) is 30.0 Å². The highest BCUT2D eigenvalue weighted by Gasteiger charge is 2.18. The fourth-order valence-electron chi connectivity index (χ4n) is 3.17. The van der Waals surface area contributed by atoms with Crippen molar-refractivity contribution in [3.8, 4) is 17.1 Å². The summed E-state index contributed by atoms with van der Waals surface area (Å²) in [4.78, 5) is 12.7. The maximum Gasteiger partial charge on any atom is 0.234 e. The number of carbonyl (C=O) groups excluding carboxylic acids is 1. The monoisotopic (exact) mass is 435 g/mol. The number of benzene rings is 2. The van der Waals surface area contributed by atoms with E-state index in [0.29, 0.717) is 22.3 Å². The standard InChI is InChI=1S/C21H21N7O2S/c1-14-20(15(2)27(24-14)16-9-5-4-6-10-16)22-19(29)13-31-21-23-25-26-28(21)17-11-7-8-12-18(17)30-3/h4-12H,13H2,1-3H3,(H,22,29). The molecule has 31 heavy (non-hydrogen) atoms. The van der Waals surface area contributed by atoms with Crippen LogP contribution in [0.3, 0.4) is 0 Å². The molecule has 2 aromatic heterocycles.